The molecule has 308 valence electrons. The highest BCUT2D eigenvalue weighted by Crippen LogP contribution is 2.42. The van der Waals surface area contributed by atoms with Crippen LogP contribution in [0.1, 0.15) is 71.4 Å². The van der Waals surface area contributed by atoms with Gasteiger partial charge in [-0.3, -0.25) is 9.59 Å². The van der Waals surface area contributed by atoms with Crippen LogP contribution < -0.4 is 4.90 Å². The number of oxime groups is 2. The van der Waals surface area contributed by atoms with E-state index in [9.17, 15) is 19.2 Å². The summed E-state index contributed by atoms with van der Waals surface area (Å²) in [6.45, 7) is 3.72. The van der Waals surface area contributed by atoms with E-state index >= 15 is 0 Å². The van der Waals surface area contributed by atoms with Crippen LogP contribution in [0, 0.1) is 0 Å². The molecule has 0 radical (unpaired) electrons. The molecule has 0 atom stereocenters. The van der Waals surface area contributed by atoms with Gasteiger partial charge in [0, 0.05) is 61.6 Å². The Bertz CT molecular complexity index is 2760. The van der Waals surface area contributed by atoms with Gasteiger partial charge in [0.05, 0.1) is 5.69 Å². The van der Waals surface area contributed by atoms with Crippen LogP contribution >= 0.6 is 11.8 Å². The highest BCUT2D eigenvalue weighted by atomic mass is 32.2. The molecule has 0 aliphatic rings. The SMILES string of the molecule is CCCC(=O)O/N=C(/C(=O)c1ccc(N(c2cccc(Sc3ccccc3)c2)c2cc(C(=O)/C(=N/OC(=O)CCC)c3ccccc3)cc3ccccc23)cc1)c1ccccc1. The predicted octanol–water partition coefficient (Wildman–Crippen LogP) is 12.3. The van der Waals surface area contributed by atoms with Crippen LogP contribution in [0.3, 0.4) is 0 Å². The van der Waals surface area contributed by atoms with Crippen molar-refractivity contribution in [1.82, 2.24) is 0 Å². The van der Waals surface area contributed by atoms with Crippen molar-refractivity contribution < 1.29 is 28.9 Å². The molecule has 0 amide bonds. The zero-order valence-corrected chi connectivity index (χ0v) is 35.1. The van der Waals surface area contributed by atoms with Gasteiger partial charge in [-0.05, 0) is 85.0 Å². The number of fused-ring (bicyclic) bond motifs is 1. The van der Waals surface area contributed by atoms with Crippen LogP contribution in [0.15, 0.2) is 196 Å². The van der Waals surface area contributed by atoms with Gasteiger partial charge in [-0.15, -0.1) is 0 Å². The average Bonchev–Trinajstić information content (AvgIpc) is 3.30. The lowest BCUT2D eigenvalue weighted by molar-refractivity contribution is -0.144. The fraction of sp³-hybridized carbons (Fsp3) is 0.115. The number of hydrogen-bond acceptors (Lipinski definition) is 10. The van der Waals surface area contributed by atoms with Gasteiger partial charge < -0.3 is 14.6 Å². The minimum atomic E-state index is -0.533. The van der Waals surface area contributed by atoms with Gasteiger partial charge in [-0.1, -0.05) is 145 Å². The maximum absolute atomic E-state index is 14.7. The lowest BCUT2D eigenvalue weighted by Crippen LogP contribution is -2.19. The zero-order chi connectivity index (χ0) is 43.3. The van der Waals surface area contributed by atoms with E-state index in [1.54, 1.807) is 72.4 Å². The number of ketones is 2. The monoisotopic (exact) mass is 837 g/mol. The molecule has 0 saturated heterocycles. The van der Waals surface area contributed by atoms with Crippen LogP contribution in [0.4, 0.5) is 17.1 Å². The molecule has 0 spiro atoms. The molecule has 0 fully saturated rings. The van der Waals surface area contributed by atoms with Crippen molar-refractivity contribution in [2.75, 3.05) is 4.90 Å². The summed E-state index contributed by atoms with van der Waals surface area (Å²) in [5, 5.41) is 9.83. The summed E-state index contributed by atoms with van der Waals surface area (Å²) in [7, 11) is 0. The van der Waals surface area contributed by atoms with Gasteiger partial charge in [0.25, 0.3) is 0 Å². The Labute approximate surface area is 364 Å². The predicted molar refractivity (Wildman–Crippen MR) is 246 cm³/mol. The van der Waals surface area contributed by atoms with E-state index in [2.05, 4.69) is 28.5 Å². The third kappa shape index (κ3) is 10.5. The lowest BCUT2D eigenvalue weighted by Gasteiger charge is -2.28. The molecule has 7 aromatic rings. The molecule has 0 saturated carbocycles. The maximum Gasteiger partial charge on any atom is 0.335 e. The number of rotatable bonds is 17. The molecule has 0 aliphatic carbocycles. The molecular weight excluding hydrogens is 795 g/mol. The Morgan fingerprint density at radius 2 is 1.00 bits per heavy atom. The Morgan fingerprint density at radius 3 is 1.58 bits per heavy atom. The zero-order valence-electron chi connectivity index (χ0n) is 34.3. The minimum absolute atomic E-state index is 0.00115. The van der Waals surface area contributed by atoms with E-state index in [0.29, 0.717) is 46.5 Å². The lowest BCUT2D eigenvalue weighted by atomic mass is 9.96. The molecule has 0 heterocycles. The Kier molecular flexibility index (Phi) is 14.3. The first-order chi connectivity index (χ1) is 30.3. The molecule has 0 aliphatic heterocycles. The topological polar surface area (TPSA) is 115 Å². The molecule has 0 bridgehead atoms. The molecule has 62 heavy (non-hydrogen) atoms. The Morgan fingerprint density at radius 1 is 0.484 bits per heavy atom. The highest BCUT2D eigenvalue weighted by molar-refractivity contribution is 7.99. The van der Waals surface area contributed by atoms with Crippen molar-refractivity contribution >= 4 is 74.5 Å². The first-order valence-electron chi connectivity index (χ1n) is 20.3. The van der Waals surface area contributed by atoms with E-state index in [-0.39, 0.29) is 24.3 Å². The van der Waals surface area contributed by atoms with E-state index in [1.165, 1.54) is 0 Å². The van der Waals surface area contributed by atoms with Gasteiger partial charge in [0.1, 0.15) is 0 Å². The minimum Gasteiger partial charge on any atom is -0.318 e. The van der Waals surface area contributed by atoms with E-state index in [4.69, 9.17) is 9.68 Å². The normalized spacial score (nSPS) is 11.5. The van der Waals surface area contributed by atoms with Crippen molar-refractivity contribution in [3.8, 4) is 0 Å². The second kappa shape index (κ2) is 20.7. The summed E-state index contributed by atoms with van der Waals surface area (Å²) in [6, 6.07) is 54.5. The first kappa shape index (κ1) is 42.7. The maximum atomic E-state index is 14.7. The Hall–Kier alpha value is -7.43. The third-order valence-electron chi connectivity index (χ3n) is 9.70. The largest absolute Gasteiger partial charge is 0.335 e. The Balaban J connectivity index is 1.36. The van der Waals surface area contributed by atoms with E-state index in [1.807, 2.05) is 116 Å². The molecule has 0 unspecified atom stereocenters. The average molecular weight is 838 g/mol. The second-order valence-electron chi connectivity index (χ2n) is 14.2. The van der Waals surface area contributed by atoms with Crippen LogP contribution in [-0.4, -0.2) is 34.9 Å². The number of carbonyl (C=O) groups is 4. The number of hydrogen-bond donors (Lipinski definition) is 0. The van der Waals surface area contributed by atoms with E-state index < -0.39 is 23.5 Å². The molecular formula is C52H43N3O6S. The van der Waals surface area contributed by atoms with E-state index in [0.717, 1.165) is 26.3 Å². The molecule has 7 rings (SSSR count). The molecule has 9 nitrogen and oxygen atoms in total. The van der Waals surface area contributed by atoms with Gasteiger partial charge in [0.2, 0.25) is 11.6 Å². The first-order valence-corrected chi connectivity index (χ1v) is 21.2. The van der Waals surface area contributed by atoms with Crippen molar-refractivity contribution in [1.29, 1.82) is 0 Å². The summed E-state index contributed by atoms with van der Waals surface area (Å²) in [5.74, 6) is -1.92. The quantitative estimate of drug-likeness (QED) is 0.0385. The third-order valence-corrected chi connectivity index (χ3v) is 10.7. The fourth-order valence-electron chi connectivity index (χ4n) is 6.71. The molecule has 10 heteroatoms. The van der Waals surface area contributed by atoms with Gasteiger partial charge in [0.15, 0.2) is 11.4 Å². The summed E-state index contributed by atoms with van der Waals surface area (Å²) >= 11 is 1.62. The van der Waals surface area contributed by atoms with Crippen molar-refractivity contribution in [3.05, 3.63) is 198 Å². The van der Waals surface area contributed by atoms with Gasteiger partial charge >= 0.3 is 11.9 Å². The van der Waals surface area contributed by atoms with Crippen molar-refractivity contribution in [3.63, 3.8) is 0 Å². The fourth-order valence-corrected chi connectivity index (χ4v) is 7.61. The molecule has 0 aromatic heterocycles. The van der Waals surface area contributed by atoms with Crippen LogP contribution in [0.5, 0.6) is 0 Å². The summed E-state index contributed by atoms with van der Waals surface area (Å²) in [6.07, 6.45) is 1.48. The molecule has 0 N–H and O–H groups in total. The van der Waals surface area contributed by atoms with Crippen molar-refractivity contribution in [2.24, 2.45) is 10.3 Å². The number of benzene rings is 7. The van der Waals surface area contributed by atoms with Gasteiger partial charge in [-0.2, -0.15) is 0 Å². The number of anilines is 3. The standard InChI is InChI=1S/C52H43N3O6S/c1-3-17-47(56)60-53-49(36-19-8-5-9-20-36)51(58)38-29-31-41(32-30-38)55(42-24-16-27-44(35-42)62-43-25-12-7-13-26-43)46-34-40(33-39-23-14-15-28-45(39)46)52(59)50(37-21-10-6-11-22-37)54-61-48(57)18-4-2/h5-16,19-35H,3-4,17-18H2,1-2H3/b53-49+,54-50+. The summed E-state index contributed by atoms with van der Waals surface area (Å²) < 4.78 is 0. The molecule has 7 aromatic carbocycles. The van der Waals surface area contributed by atoms with Gasteiger partial charge in [-0.25, -0.2) is 9.59 Å². The smallest absolute Gasteiger partial charge is 0.318 e. The summed E-state index contributed by atoms with van der Waals surface area (Å²) in [5.41, 5.74) is 3.80. The number of nitrogens with zero attached hydrogens (tertiary/aromatic N) is 3. The highest BCUT2D eigenvalue weighted by Gasteiger charge is 2.24. The van der Waals surface area contributed by atoms with Crippen molar-refractivity contribution in [2.45, 2.75) is 49.3 Å². The summed E-state index contributed by atoms with van der Waals surface area (Å²) in [4.78, 5) is 68.2. The number of Topliss-reactive ketones (excluding diaryl/α,β-unsaturated/α-hetero) is 2. The second-order valence-corrected chi connectivity index (χ2v) is 15.4. The van der Waals surface area contributed by atoms with Crippen LogP contribution in [0.25, 0.3) is 10.8 Å². The number of carbonyl (C=O) groups excluding carboxylic acids is 4. The van der Waals surface area contributed by atoms with Crippen LogP contribution in [0.2, 0.25) is 0 Å². The van der Waals surface area contributed by atoms with Crippen LogP contribution in [-0.2, 0) is 19.3 Å².